The number of aryl methyl sites for hydroxylation is 1. The fourth-order valence-corrected chi connectivity index (χ4v) is 3.25. The van der Waals surface area contributed by atoms with Crippen LogP contribution in [0.15, 0.2) is 83.5 Å². The Labute approximate surface area is 189 Å². The molecule has 0 saturated heterocycles. The molecule has 0 radical (unpaired) electrons. The van der Waals surface area contributed by atoms with Crippen LogP contribution in [-0.2, 0) is 16.1 Å². The van der Waals surface area contributed by atoms with E-state index in [-0.39, 0.29) is 5.76 Å². The van der Waals surface area contributed by atoms with Crippen molar-refractivity contribution in [3.63, 3.8) is 0 Å². The number of furan rings is 1. The summed E-state index contributed by atoms with van der Waals surface area (Å²) < 4.78 is 12.8. The van der Waals surface area contributed by atoms with E-state index in [1.165, 1.54) is 6.07 Å². The number of halogens is 1. The Hall–Kier alpha value is -3.84. The number of amides is 1. The molecule has 4 rings (SSSR count). The van der Waals surface area contributed by atoms with Crippen LogP contribution in [0.3, 0.4) is 0 Å². The van der Waals surface area contributed by atoms with Crippen molar-refractivity contribution < 1.29 is 18.7 Å². The van der Waals surface area contributed by atoms with Crippen molar-refractivity contribution in [3.8, 4) is 0 Å². The monoisotopic (exact) mass is 449 g/mol. The molecule has 0 saturated carbocycles. The summed E-state index contributed by atoms with van der Waals surface area (Å²) >= 11 is 6.16. The van der Waals surface area contributed by atoms with E-state index in [2.05, 4.69) is 10.4 Å². The second kappa shape index (κ2) is 9.53. The highest BCUT2D eigenvalue weighted by Crippen LogP contribution is 2.25. The summed E-state index contributed by atoms with van der Waals surface area (Å²) in [6, 6.07) is 18.9. The molecule has 1 N–H and O–H groups in total. The van der Waals surface area contributed by atoms with Gasteiger partial charge < -0.3 is 14.5 Å². The third-order valence-corrected chi connectivity index (χ3v) is 5.15. The molecule has 162 valence electrons. The van der Waals surface area contributed by atoms with Gasteiger partial charge in [0.15, 0.2) is 0 Å². The number of carbonyl (C=O) groups excluding carboxylic acids is 2. The zero-order valence-electron chi connectivity index (χ0n) is 17.2. The topological polar surface area (TPSA) is 86.4 Å². The maximum atomic E-state index is 13.0. The summed E-state index contributed by atoms with van der Waals surface area (Å²) in [5, 5.41) is 7.39. The molecule has 0 aliphatic rings. The molecule has 2 aromatic heterocycles. The maximum absolute atomic E-state index is 13.0. The van der Waals surface area contributed by atoms with Crippen LogP contribution in [0.25, 0.3) is 0 Å². The summed E-state index contributed by atoms with van der Waals surface area (Å²) in [7, 11) is 0. The summed E-state index contributed by atoms with van der Waals surface area (Å²) in [5.74, 6) is -0.717. The fraction of sp³-hybridized carbons (Fsp3) is 0.125. The summed E-state index contributed by atoms with van der Waals surface area (Å²) in [4.78, 5) is 25.8. The van der Waals surface area contributed by atoms with Gasteiger partial charge in [-0.25, -0.2) is 4.79 Å². The minimum absolute atomic E-state index is 0.000678. The van der Waals surface area contributed by atoms with Gasteiger partial charge in [0.05, 0.1) is 6.54 Å². The molecule has 4 aromatic rings. The van der Waals surface area contributed by atoms with Gasteiger partial charge in [-0.3, -0.25) is 9.48 Å². The van der Waals surface area contributed by atoms with Crippen LogP contribution in [0.4, 0.5) is 5.69 Å². The fourth-order valence-electron chi connectivity index (χ4n) is 3.07. The molecule has 1 unspecified atom stereocenters. The number of rotatable bonds is 7. The molecule has 0 aliphatic heterocycles. The van der Waals surface area contributed by atoms with Gasteiger partial charge in [-0.05, 0) is 42.8 Å². The minimum Gasteiger partial charge on any atom is -0.452 e. The normalized spacial score (nSPS) is 11.7. The lowest BCUT2D eigenvalue weighted by Gasteiger charge is -2.18. The maximum Gasteiger partial charge on any atom is 0.375 e. The molecule has 0 fully saturated rings. The smallest absolute Gasteiger partial charge is 0.375 e. The second-order valence-corrected chi connectivity index (χ2v) is 7.53. The van der Waals surface area contributed by atoms with Crippen LogP contribution in [0.1, 0.15) is 33.5 Å². The first-order valence-electron chi connectivity index (χ1n) is 9.88. The predicted octanol–water partition coefficient (Wildman–Crippen LogP) is 5.02. The number of nitrogens with zero attached hydrogens (tertiary/aromatic N) is 2. The van der Waals surface area contributed by atoms with E-state index in [9.17, 15) is 9.59 Å². The number of aromatic nitrogens is 2. The van der Waals surface area contributed by atoms with Gasteiger partial charge in [-0.1, -0.05) is 48.0 Å². The van der Waals surface area contributed by atoms with E-state index < -0.39 is 18.0 Å². The highest BCUT2D eigenvalue weighted by atomic mass is 35.5. The van der Waals surface area contributed by atoms with Crippen LogP contribution in [0, 0.1) is 6.92 Å². The third-order valence-electron chi connectivity index (χ3n) is 4.74. The van der Waals surface area contributed by atoms with E-state index in [1.54, 1.807) is 71.7 Å². The average Bonchev–Trinajstić information content (AvgIpc) is 3.48. The van der Waals surface area contributed by atoms with Crippen molar-refractivity contribution >= 4 is 29.2 Å². The molecule has 7 nitrogen and oxygen atoms in total. The van der Waals surface area contributed by atoms with Crippen LogP contribution < -0.4 is 5.32 Å². The number of benzene rings is 2. The average molecular weight is 450 g/mol. The molecule has 8 heteroatoms. The Morgan fingerprint density at radius 3 is 2.66 bits per heavy atom. The van der Waals surface area contributed by atoms with Gasteiger partial charge in [0.1, 0.15) is 5.76 Å². The number of anilines is 1. The molecule has 1 amide bonds. The van der Waals surface area contributed by atoms with Crippen molar-refractivity contribution in [2.75, 3.05) is 5.32 Å². The molecule has 0 bridgehead atoms. The number of hydrogen-bond donors (Lipinski definition) is 1. The first-order chi connectivity index (χ1) is 15.5. The van der Waals surface area contributed by atoms with Crippen LogP contribution >= 0.6 is 11.6 Å². The zero-order valence-corrected chi connectivity index (χ0v) is 18.0. The van der Waals surface area contributed by atoms with E-state index in [1.807, 2.05) is 13.0 Å². The van der Waals surface area contributed by atoms with Crippen LogP contribution in [0.2, 0.25) is 5.02 Å². The highest BCUT2D eigenvalue weighted by Gasteiger charge is 2.27. The van der Waals surface area contributed by atoms with Crippen LogP contribution in [0.5, 0.6) is 0 Å². The Morgan fingerprint density at radius 2 is 1.94 bits per heavy atom. The zero-order chi connectivity index (χ0) is 22.5. The van der Waals surface area contributed by atoms with Crippen molar-refractivity contribution in [2.24, 2.45) is 0 Å². The van der Waals surface area contributed by atoms with Gasteiger partial charge in [0.2, 0.25) is 11.9 Å². The lowest BCUT2D eigenvalue weighted by atomic mass is 10.1. The van der Waals surface area contributed by atoms with Crippen molar-refractivity contribution in [3.05, 3.63) is 107 Å². The number of esters is 1. The van der Waals surface area contributed by atoms with Crippen LogP contribution in [-0.4, -0.2) is 21.7 Å². The lowest BCUT2D eigenvalue weighted by molar-refractivity contribution is -0.125. The summed E-state index contributed by atoms with van der Waals surface area (Å²) in [6.45, 7) is 2.24. The number of hydrogen-bond acceptors (Lipinski definition) is 5. The second-order valence-electron chi connectivity index (χ2n) is 7.12. The molecule has 1 atom stereocenters. The SMILES string of the molecule is Cc1ccc(NC(=O)C(OC(=O)c2ccc(Cn3cccn3)o2)c2ccccc2)cc1Cl. The number of carbonyl (C=O) groups is 2. The van der Waals surface area contributed by atoms with E-state index in [4.69, 9.17) is 20.8 Å². The standard InChI is InChI=1S/C24H20ClN3O4/c1-16-8-9-18(14-20(16)25)27-23(29)22(17-6-3-2-4-7-17)32-24(30)21-11-10-19(31-21)15-28-13-5-12-26-28/h2-14,22H,15H2,1H3,(H,27,29). The lowest BCUT2D eigenvalue weighted by Crippen LogP contribution is -2.25. The van der Waals surface area contributed by atoms with Gasteiger partial charge >= 0.3 is 5.97 Å². The molecular formula is C24H20ClN3O4. The van der Waals surface area contributed by atoms with Crippen molar-refractivity contribution in [1.82, 2.24) is 9.78 Å². The van der Waals surface area contributed by atoms with E-state index in [0.717, 1.165) is 5.56 Å². The first-order valence-corrected chi connectivity index (χ1v) is 10.3. The Balaban J connectivity index is 1.52. The number of nitrogens with one attached hydrogen (secondary N) is 1. The Kier molecular flexibility index (Phi) is 6.37. The van der Waals surface area contributed by atoms with Gasteiger partial charge in [0, 0.05) is 28.7 Å². The summed E-state index contributed by atoms with van der Waals surface area (Å²) in [6.07, 6.45) is 2.26. The van der Waals surface area contributed by atoms with Gasteiger partial charge in [-0.2, -0.15) is 5.10 Å². The van der Waals surface area contributed by atoms with Crippen molar-refractivity contribution in [2.45, 2.75) is 19.6 Å². The van der Waals surface area contributed by atoms with E-state index >= 15 is 0 Å². The van der Waals surface area contributed by atoms with E-state index in [0.29, 0.717) is 28.6 Å². The molecule has 2 aromatic carbocycles. The third kappa shape index (κ3) is 5.07. The minimum atomic E-state index is -1.18. The summed E-state index contributed by atoms with van der Waals surface area (Å²) in [5.41, 5.74) is 1.92. The number of ether oxygens (including phenoxy) is 1. The quantitative estimate of drug-likeness (QED) is 0.400. The molecule has 0 aliphatic carbocycles. The molecule has 0 spiro atoms. The highest BCUT2D eigenvalue weighted by molar-refractivity contribution is 6.31. The Morgan fingerprint density at radius 1 is 1.12 bits per heavy atom. The van der Waals surface area contributed by atoms with Gasteiger partial charge in [-0.15, -0.1) is 0 Å². The Bertz CT molecular complexity index is 1220. The molecular weight excluding hydrogens is 430 g/mol. The van der Waals surface area contributed by atoms with Crippen molar-refractivity contribution in [1.29, 1.82) is 0 Å². The molecule has 2 heterocycles. The molecule has 32 heavy (non-hydrogen) atoms. The predicted molar refractivity (Wildman–Crippen MR) is 119 cm³/mol. The largest absolute Gasteiger partial charge is 0.452 e. The van der Waals surface area contributed by atoms with Gasteiger partial charge in [0.25, 0.3) is 5.91 Å². The first kappa shape index (κ1) is 21.4.